The van der Waals surface area contributed by atoms with Gasteiger partial charge in [-0.15, -0.1) is 11.8 Å². The summed E-state index contributed by atoms with van der Waals surface area (Å²) in [5.41, 5.74) is 2.98. The van der Waals surface area contributed by atoms with Crippen LogP contribution in [0, 0.1) is 10.1 Å². The third kappa shape index (κ3) is 2.56. The number of rotatable bonds is 3. The van der Waals surface area contributed by atoms with Crippen molar-refractivity contribution in [3.63, 3.8) is 0 Å². The monoisotopic (exact) mass is 222 g/mol. The predicted octanol–water partition coefficient (Wildman–Crippen LogP) is 2.28. The Morgan fingerprint density at radius 1 is 1.60 bits per heavy atom. The largest absolute Gasteiger partial charge is 0.282 e. The molecular formula is C10H10N2O2S. The van der Waals surface area contributed by atoms with Crippen molar-refractivity contribution in [1.29, 1.82) is 0 Å². The number of nitro groups is 1. The molecule has 1 aromatic rings. The van der Waals surface area contributed by atoms with Gasteiger partial charge in [-0.3, -0.25) is 15.1 Å². The van der Waals surface area contributed by atoms with Gasteiger partial charge in [0.1, 0.15) is 0 Å². The molecule has 1 aromatic carbocycles. The normalized spacial score (nSPS) is 19.3. The van der Waals surface area contributed by atoms with E-state index < -0.39 is 0 Å². The van der Waals surface area contributed by atoms with E-state index in [0.29, 0.717) is 0 Å². The van der Waals surface area contributed by atoms with Gasteiger partial charge in [0, 0.05) is 17.9 Å². The zero-order valence-corrected chi connectivity index (χ0v) is 8.81. The van der Waals surface area contributed by atoms with Crippen LogP contribution in [-0.2, 0) is 6.42 Å². The molecule has 1 aliphatic heterocycles. The van der Waals surface area contributed by atoms with E-state index in [1.165, 1.54) is 6.07 Å². The Labute approximate surface area is 91.6 Å². The molecule has 0 amide bonds. The van der Waals surface area contributed by atoms with Crippen LogP contribution in [0.4, 0.5) is 5.69 Å². The van der Waals surface area contributed by atoms with Gasteiger partial charge in [-0.25, -0.2) is 0 Å². The summed E-state index contributed by atoms with van der Waals surface area (Å²) in [5, 5.41) is 10.6. The number of benzene rings is 1. The van der Waals surface area contributed by atoms with Crippen molar-refractivity contribution in [3.8, 4) is 0 Å². The lowest BCUT2D eigenvalue weighted by Gasteiger charge is -2.05. The van der Waals surface area contributed by atoms with Gasteiger partial charge in [0.15, 0.2) is 0 Å². The second kappa shape index (κ2) is 4.44. The van der Waals surface area contributed by atoms with Gasteiger partial charge in [-0.2, -0.15) is 0 Å². The van der Waals surface area contributed by atoms with Crippen LogP contribution in [0.25, 0.3) is 0 Å². The van der Waals surface area contributed by atoms with E-state index in [9.17, 15) is 10.1 Å². The first-order valence-electron chi connectivity index (χ1n) is 4.62. The standard InChI is InChI=1S/C10H10N2O2S/c13-12(14)10-3-1-2-8(5-10)4-9-6-15-7-11-9/h1-3,5,7,9H,4,6H2/t9-/m0/s1. The number of nitro benzene ring substituents is 1. The number of hydrogen-bond donors (Lipinski definition) is 0. The van der Waals surface area contributed by atoms with Crippen LogP contribution in [0.2, 0.25) is 0 Å². The van der Waals surface area contributed by atoms with E-state index in [2.05, 4.69) is 4.99 Å². The average Bonchev–Trinajstić information content (AvgIpc) is 2.71. The highest BCUT2D eigenvalue weighted by Crippen LogP contribution is 2.19. The van der Waals surface area contributed by atoms with Crippen molar-refractivity contribution in [3.05, 3.63) is 39.9 Å². The smallest absolute Gasteiger partial charge is 0.269 e. The molecule has 1 aliphatic rings. The molecular weight excluding hydrogens is 212 g/mol. The highest BCUT2D eigenvalue weighted by atomic mass is 32.2. The predicted molar refractivity (Wildman–Crippen MR) is 61.5 cm³/mol. The molecule has 0 aliphatic carbocycles. The minimum atomic E-state index is -0.365. The van der Waals surface area contributed by atoms with Gasteiger partial charge in [0.05, 0.1) is 16.5 Å². The van der Waals surface area contributed by atoms with E-state index in [4.69, 9.17) is 0 Å². The maximum absolute atomic E-state index is 10.6. The van der Waals surface area contributed by atoms with Gasteiger partial charge in [-0.05, 0) is 12.0 Å². The Bertz CT molecular complexity index is 406. The van der Waals surface area contributed by atoms with E-state index in [0.717, 1.165) is 17.7 Å². The number of thioether (sulfide) groups is 1. The van der Waals surface area contributed by atoms with Crippen LogP contribution in [0.5, 0.6) is 0 Å². The molecule has 0 bridgehead atoms. The maximum atomic E-state index is 10.6. The topological polar surface area (TPSA) is 55.5 Å². The van der Waals surface area contributed by atoms with E-state index >= 15 is 0 Å². The van der Waals surface area contributed by atoms with Crippen LogP contribution >= 0.6 is 11.8 Å². The van der Waals surface area contributed by atoms with Crippen LogP contribution in [-0.4, -0.2) is 22.3 Å². The minimum absolute atomic E-state index is 0.155. The molecule has 5 heteroatoms. The first-order chi connectivity index (χ1) is 7.25. The van der Waals surface area contributed by atoms with Crippen molar-refractivity contribution in [1.82, 2.24) is 0 Å². The Hall–Kier alpha value is -1.36. The van der Waals surface area contributed by atoms with Crippen molar-refractivity contribution in [2.24, 2.45) is 4.99 Å². The molecule has 1 atom stereocenters. The summed E-state index contributed by atoms with van der Waals surface area (Å²) in [6.45, 7) is 0. The van der Waals surface area contributed by atoms with E-state index in [1.54, 1.807) is 23.9 Å². The fourth-order valence-corrected chi connectivity index (χ4v) is 2.28. The minimum Gasteiger partial charge on any atom is -0.282 e. The fraction of sp³-hybridized carbons (Fsp3) is 0.300. The molecule has 4 nitrogen and oxygen atoms in total. The molecule has 0 fully saturated rings. The molecule has 15 heavy (non-hydrogen) atoms. The van der Waals surface area contributed by atoms with E-state index in [1.807, 2.05) is 11.6 Å². The van der Waals surface area contributed by atoms with Gasteiger partial charge in [0.25, 0.3) is 5.69 Å². The highest BCUT2D eigenvalue weighted by Gasteiger charge is 2.13. The Morgan fingerprint density at radius 3 is 3.13 bits per heavy atom. The summed E-state index contributed by atoms with van der Waals surface area (Å²) in [6, 6.07) is 7.04. The van der Waals surface area contributed by atoms with Crippen LogP contribution in [0.1, 0.15) is 5.56 Å². The zero-order chi connectivity index (χ0) is 10.7. The summed E-state index contributed by atoms with van der Waals surface area (Å²) >= 11 is 1.69. The lowest BCUT2D eigenvalue weighted by atomic mass is 10.1. The van der Waals surface area contributed by atoms with Crippen molar-refractivity contribution in [2.45, 2.75) is 12.5 Å². The second-order valence-corrected chi connectivity index (χ2v) is 4.25. The molecule has 0 radical (unpaired) electrons. The average molecular weight is 222 g/mol. The van der Waals surface area contributed by atoms with Gasteiger partial charge in [-0.1, -0.05) is 12.1 Å². The molecule has 0 unspecified atom stereocenters. The molecule has 1 heterocycles. The maximum Gasteiger partial charge on any atom is 0.269 e. The molecule has 78 valence electrons. The lowest BCUT2D eigenvalue weighted by Crippen LogP contribution is -2.07. The fourth-order valence-electron chi connectivity index (χ4n) is 1.51. The van der Waals surface area contributed by atoms with Gasteiger partial charge in [0.2, 0.25) is 0 Å². The SMILES string of the molecule is O=[N+]([O-])c1cccc(C[C@H]2CSC=N2)c1. The molecule has 0 saturated carbocycles. The first-order valence-corrected chi connectivity index (χ1v) is 5.67. The molecule has 0 spiro atoms. The molecule has 2 rings (SSSR count). The summed E-state index contributed by atoms with van der Waals surface area (Å²) in [6.07, 6.45) is 0.783. The number of hydrogen-bond acceptors (Lipinski definition) is 4. The molecule has 0 saturated heterocycles. The Balaban J connectivity index is 2.10. The summed E-state index contributed by atoms with van der Waals surface area (Å²) in [5.74, 6) is 0.975. The Morgan fingerprint density at radius 2 is 2.47 bits per heavy atom. The summed E-state index contributed by atoms with van der Waals surface area (Å²) in [7, 11) is 0. The van der Waals surface area contributed by atoms with Gasteiger partial charge < -0.3 is 0 Å². The number of nitrogens with zero attached hydrogens (tertiary/aromatic N) is 2. The molecule has 0 aromatic heterocycles. The van der Waals surface area contributed by atoms with Crippen LogP contribution < -0.4 is 0 Å². The third-order valence-electron chi connectivity index (χ3n) is 2.23. The van der Waals surface area contributed by atoms with Crippen molar-refractivity contribution < 1.29 is 4.92 Å². The third-order valence-corrected chi connectivity index (χ3v) is 3.08. The van der Waals surface area contributed by atoms with E-state index in [-0.39, 0.29) is 16.7 Å². The van der Waals surface area contributed by atoms with Gasteiger partial charge >= 0.3 is 0 Å². The lowest BCUT2D eigenvalue weighted by molar-refractivity contribution is -0.384. The first kappa shape index (κ1) is 10.2. The van der Waals surface area contributed by atoms with Crippen LogP contribution in [0.15, 0.2) is 29.3 Å². The highest BCUT2D eigenvalue weighted by molar-refractivity contribution is 8.12. The quantitative estimate of drug-likeness (QED) is 0.582. The number of aliphatic imine (C=N–C) groups is 1. The van der Waals surface area contributed by atoms with Crippen LogP contribution in [0.3, 0.4) is 0 Å². The van der Waals surface area contributed by atoms with Crippen molar-refractivity contribution in [2.75, 3.05) is 5.75 Å². The zero-order valence-electron chi connectivity index (χ0n) is 8.00. The summed E-state index contributed by atoms with van der Waals surface area (Å²) in [4.78, 5) is 14.5. The Kier molecular flexibility index (Phi) is 3.01. The number of non-ortho nitro benzene ring substituents is 1. The second-order valence-electron chi connectivity index (χ2n) is 3.37. The molecule has 0 N–H and O–H groups in total. The summed E-state index contributed by atoms with van der Waals surface area (Å²) < 4.78 is 0. The van der Waals surface area contributed by atoms with Crippen molar-refractivity contribution >= 4 is 23.0 Å².